The van der Waals surface area contributed by atoms with E-state index in [1.807, 2.05) is 78.9 Å². The fourth-order valence-electron chi connectivity index (χ4n) is 4.10. The molecule has 0 spiro atoms. The molecule has 2 N–H and O–H groups in total. The molecule has 0 radical (unpaired) electrons. The monoisotopic (exact) mass is 584 g/mol. The Bertz CT molecular complexity index is 1650. The third kappa shape index (κ3) is 7.16. The van der Waals surface area contributed by atoms with Crippen LogP contribution in [0.25, 0.3) is 11.1 Å². The first-order valence-electron chi connectivity index (χ1n) is 13.1. The SMILES string of the molecule is CCOC(=O)c1csc(Nc2cccc(-c3cccc(Nc4nc(C(=O)OCC)c(Cc5ccccc5)s4)c3)c2)n1. The number of esters is 2. The van der Waals surface area contributed by atoms with E-state index >= 15 is 0 Å². The van der Waals surface area contributed by atoms with E-state index < -0.39 is 11.9 Å². The molecular weight excluding hydrogens is 556 g/mol. The van der Waals surface area contributed by atoms with Gasteiger partial charge in [0.15, 0.2) is 21.7 Å². The van der Waals surface area contributed by atoms with Gasteiger partial charge in [0.2, 0.25) is 0 Å². The second kappa shape index (κ2) is 13.2. The maximum Gasteiger partial charge on any atom is 0.358 e. The first-order chi connectivity index (χ1) is 20.0. The molecule has 0 saturated carbocycles. The molecule has 0 aliphatic heterocycles. The Morgan fingerprint density at radius 1 is 0.756 bits per heavy atom. The van der Waals surface area contributed by atoms with Crippen molar-refractivity contribution in [3.8, 4) is 11.1 Å². The van der Waals surface area contributed by atoms with Gasteiger partial charge in [0, 0.05) is 28.1 Å². The van der Waals surface area contributed by atoms with Crippen LogP contribution >= 0.6 is 22.7 Å². The van der Waals surface area contributed by atoms with Gasteiger partial charge in [0.05, 0.1) is 13.2 Å². The average molecular weight is 585 g/mol. The molecule has 0 fully saturated rings. The Hall–Kier alpha value is -4.54. The Morgan fingerprint density at radius 2 is 1.39 bits per heavy atom. The highest BCUT2D eigenvalue weighted by Gasteiger charge is 2.20. The van der Waals surface area contributed by atoms with Crippen molar-refractivity contribution in [2.24, 2.45) is 0 Å². The van der Waals surface area contributed by atoms with Gasteiger partial charge in [-0.3, -0.25) is 0 Å². The van der Waals surface area contributed by atoms with E-state index in [1.54, 1.807) is 19.2 Å². The predicted octanol–water partition coefficient (Wildman–Crippen LogP) is 7.70. The molecule has 0 atom stereocenters. The molecular formula is C31H28N4O4S2. The number of nitrogens with zero attached hydrogens (tertiary/aromatic N) is 2. The molecule has 2 aromatic heterocycles. The summed E-state index contributed by atoms with van der Waals surface area (Å²) in [5, 5.41) is 9.54. The molecule has 3 aromatic carbocycles. The van der Waals surface area contributed by atoms with Crippen LogP contribution < -0.4 is 10.6 Å². The molecule has 208 valence electrons. The lowest BCUT2D eigenvalue weighted by Crippen LogP contribution is -2.08. The number of nitrogens with one attached hydrogen (secondary N) is 2. The lowest BCUT2D eigenvalue weighted by atomic mass is 10.0. The molecule has 0 amide bonds. The summed E-state index contributed by atoms with van der Waals surface area (Å²) in [6.45, 7) is 4.14. The molecule has 0 unspecified atom stereocenters. The van der Waals surface area contributed by atoms with Crippen LogP contribution in [0.15, 0.2) is 84.2 Å². The molecule has 5 aromatic rings. The topological polar surface area (TPSA) is 102 Å². The van der Waals surface area contributed by atoms with Crippen molar-refractivity contribution in [2.75, 3.05) is 23.8 Å². The smallest absolute Gasteiger partial charge is 0.358 e. The summed E-state index contributed by atoms with van der Waals surface area (Å²) >= 11 is 2.78. The van der Waals surface area contributed by atoms with Crippen molar-refractivity contribution in [2.45, 2.75) is 20.3 Å². The van der Waals surface area contributed by atoms with Crippen LogP contribution in [0, 0.1) is 0 Å². The van der Waals surface area contributed by atoms with E-state index in [1.165, 1.54) is 22.7 Å². The summed E-state index contributed by atoms with van der Waals surface area (Å²) in [7, 11) is 0. The Kier molecular flexibility index (Phi) is 9.02. The lowest BCUT2D eigenvalue weighted by Gasteiger charge is -2.09. The Balaban J connectivity index is 1.34. The van der Waals surface area contributed by atoms with Crippen LogP contribution in [0.5, 0.6) is 0 Å². The molecule has 0 aliphatic rings. The van der Waals surface area contributed by atoms with Gasteiger partial charge in [0.1, 0.15) is 0 Å². The minimum Gasteiger partial charge on any atom is -0.461 e. The van der Waals surface area contributed by atoms with Crippen molar-refractivity contribution < 1.29 is 19.1 Å². The Labute approximate surface area is 246 Å². The molecule has 0 saturated heterocycles. The van der Waals surface area contributed by atoms with Crippen LogP contribution in [-0.4, -0.2) is 35.1 Å². The second-order valence-corrected chi connectivity index (χ2v) is 10.8. The zero-order valence-corrected chi connectivity index (χ0v) is 24.2. The van der Waals surface area contributed by atoms with Crippen LogP contribution in [-0.2, 0) is 15.9 Å². The molecule has 2 heterocycles. The van der Waals surface area contributed by atoms with Crippen molar-refractivity contribution in [3.63, 3.8) is 0 Å². The number of rotatable bonds is 11. The fourth-order valence-corrected chi connectivity index (χ4v) is 5.80. The van der Waals surface area contributed by atoms with Crippen molar-refractivity contribution in [1.29, 1.82) is 0 Å². The zero-order chi connectivity index (χ0) is 28.6. The van der Waals surface area contributed by atoms with Crippen molar-refractivity contribution in [1.82, 2.24) is 9.97 Å². The lowest BCUT2D eigenvalue weighted by molar-refractivity contribution is 0.0510. The number of aromatic nitrogens is 2. The number of thiazole rings is 2. The van der Waals surface area contributed by atoms with Crippen LogP contribution in [0.4, 0.5) is 21.6 Å². The van der Waals surface area contributed by atoms with Gasteiger partial charge >= 0.3 is 11.9 Å². The second-order valence-electron chi connectivity index (χ2n) is 8.84. The number of carbonyl (C=O) groups excluding carboxylic acids is 2. The summed E-state index contributed by atoms with van der Waals surface area (Å²) in [6.07, 6.45) is 0.592. The van der Waals surface area contributed by atoms with E-state index in [9.17, 15) is 9.59 Å². The fraction of sp³-hybridized carbons (Fsp3) is 0.161. The molecule has 8 nitrogen and oxygen atoms in total. The van der Waals surface area contributed by atoms with Crippen molar-refractivity contribution >= 4 is 56.3 Å². The minimum atomic E-state index is -0.434. The minimum absolute atomic E-state index is 0.287. The normalized spacial score (nSPS) is 10.7. The molecule has 0 aliphatic carbocycles. The van der Waals surface area contributed by atoms with Gasteiger partial charge in [-0.15, -0.1) is 22.7 Å². The summed E-state index contributed by atoms with van der Waals surface area (Å²) in [5.74, 6) is -0.855. The predicted molar refractivity (Wildman–Crippen MR) is 164 cm³/mol. The number of anilines is 4. The van der Waals surface area contributed by atoms with Gasteiger partial charge in [-0.05, 0) is 54.8 Å². The van der Waals surface area contributed by atoms with Gasteiger partial charge in [-0.2, -0.15) is 0 Å². The van der Waals surface area contributed by atoms with E-state index in [2.05, 4.69) is 20.6 Å². The van der Waals surface area contributed by atoms with E-state index in [0.717, 1.165) is 32.9 Å². The first kappa shape index (κ1) is 28.0. The van der Waals surface area contributed by atoms with E-state index in [-0.39, 0.29) is 12.3 Å². The number of hydrogen-bond acceptors (Lipinski definition) is 10. The van der Waals surface area contributed by atoms with Gasteiger partial charge < -0.3 is 20.1 Å². The number of ether oxygens (including phenoxy) is 2. The highest BCUT2D eigenvalue weighted by molar-refractivity contribution is 7.16. The molecule has 0 bridgehead atoms. The molecule has 10 heteroatoms. The van der Waals surface area contributed by atoms with Gasteiger partial charge in [0.25, 0.3) is 0 Å². The summed E-state index contributed by atoms with van der Waals surface area (Å²) in [5.41, 5.74) is 5.40. The standard InChI is InChI=1S/C31H28N4O4S2/c1-3-38-28(36)25-19-40-30(34-25)32-23-14-8-12-21(17-23)22-13-9-15-24(18-22)33-31-35-27(29(37)39-4-2)26(41-31)16-20-10-6-5-7-11-20/h5-15,17-19H,3-4,16H2,1-2H3,(H,32,34)(H,33,35). The van der Waals surface area contributed by atoms with Crippen molar-refractivity contribution in [3.05, 3.63) is 106 Å². The van der Waals surface area contributed by atoms with E-state index in [4.69, 9.17) is 9.47 Å². The highest BCUT2D eigenvalue weighted by atomic mass is 32.1. The average Bonchev–Trinajstić information content (AvgIpc) is 3.61. The first-order valence-corrected chi connectivity index (χ1v) is 14.8. The number of benzene rings is 3. The zero-order valence-electron chi connectivity index (χ0n) is 22.5. The molecule has 5 rings (SSSR count). The van der Waals surface area contributed by atoms with Crippen LogP contribution in [0.2, 0.25) is 0 Å². The van der Waals surface area contributed by atoms with Gasteiger partial charge in [-0.1, -0.05) is 54.6 Å². The van der Waals surface area contributed by atoms with Crippen LogP contribution in [0.3, 0.4) is 0 Å². The summed E-state index contributed by atoms with van der Waals surface area (Å²) < 4.78 is 10.3. The summed E-state index contributed by atoms with van der Waals surface area (Å²) in [4.78, 5) is 34.4. The van der Waals surface area contributed by atoms with Gasteiger partial charge in [-0.25, -0.2) is 19.6 Å². The third-order valence-corrected chi connectivity index (χ3v) is 7.65. The Morgan fingerprint density at radius 3 is 2.05 bits per heavy atom. The quantitative estimate of drug-likeness (QED) is 0.152. The van der Waals surface area contributed by atoms with Crippen LogP contribution in [0.1, 0.15) is 45.3 Å². The largest absolute Gasteiger partial charge is 0.461 e. The summed E-state index contributed by atoms with van der Waals surface area (Å²) in [6, 6.07) is 25.9. The third-order valence-electron chi connectivity index (χ3n) is 5.92. The maximum atomic E-state index is 12.6. The number of hydrogen-bond donors (Lipinski definition) is 2. The van der Waals surface area contributed by atoms with E-state index in [0.29, 0.717) is 29.0 Å². The number of carbonyl (C=O) groups is 2. The highest BCUT2D eigenvalue weighted by Crippen LogP contribution is 2.32. The maximum absolute atomic E-state index is 12.6. The molecule has 41 heavy (non-hydrogen) atoms.